The Morgan fingerprint density at radius 3 is 2.60 bits per heavy atom. The molecule has 0 amide bonds. The molecule has 106 valence electrons. The maximum atomic E-state index is 13.8. The number of benzene rings is 1. The Morgan fingerprint density at radius 1 is 1.30 bits per heavy atom. The zero-order valence-electron chi connectivity index (χ0n) is 11.0. The molecule has 20 heavy (non-hydrogen) atoms. The van der Waals surface area contributed by atoms with Gasteiger partial charge in [-0.15, -0.1) is 0 Å². The summed E-state index contributed by atoms with van der Waals surface area (Å²) in [5, 5.41) is 3.14. The maximum absolute atomic E-state index is 13.8. The van der Waals surface area contributed by atoms with E-state index in [0.29, 0.717) is 0 Å². The van der Waals surface area contributed by atoms with Crippen LogP contribution in [0.25, 0.3) is 0 Å². The van der Waals surface area contributed by atoms with Gasteiger partial charge in [0.05, 0.1) is 18.8 Å². The summed E-state index contributed by atoms with van der Waals surface area (Å²) in [6.07, 6.45) is 1.71. The minimum Gasteiger partial charge on any atom is -0.494 e. The van der Waals surface area contributed by atoms with Crippen LogP contribution in [0.2, 0.25) is 0 Å². The highest BCUT2D eigenvalue weighted by atomic mass is 79.9. The lowest BCUT2D eigenvalue weighted by Gasteiger charge is -2.18. The summed E-state index contributed by atoms with van der Waals surface area (Å²) in [5.41, 5.74) is 1.57. The number of hydrogen-bond acceptors (Lipinski definition) is 3. The molecule has 0 saturated heterocycles. The van der Waals surface area contributed by atoms with E-state index < -0.39 is 5.82 Å². The molecule has 1 atom stereocenters. The monoisotopic (exact) mass is 402 g/mol. The van der Waals surface area contributed by atoms with Gasteiger partial charge >= 0.3 is 0 Å². The number of pyridine rings is 1. The molecule has 0 aliphatic rings. The molecule has 1 aromatic heterocycles. The van der Waals surface area contributed by atoms with Crippen molar-refractivity contribution in [1.29, 1.82) is 0 Å². The van der Waals surface area contributed by atoms with Crippen molar-refractivity contribution < 1.29 is 9.13 Å². The number of halogens is 3. The highest BCUT2D eigenvalue weighted by molar-refractivity contribution is 9.11. The predicted molar refractivity (Wildman–Crippen MR) is 83.5 cm³/mol. The van der Waals surface area contributed by atoms with Crippen LogP contribution in [0.15, 0.2) is 39.4 Å². The first-order chi connectivity index (χ1) is 9.56. The van der Waals surface area contributed by atoms with Gasteiger partial charge in [-0.3, -0.25) is 4.98 Å². The van der Waals surface area contributed by atoms with Gasteiger partial charge < -0.3 is 10.1 Å². The number of nitrogens with zero attached hydrogens (tertiary/aromatic N) is 1. The SMILES string of the molecule is CNC(c1ccc(OC)c(F)c1)c1ncc(Br)cc1Br. The van der Waals surface area contributed by atoms with Gasteiger partial charge in [0.1, 0.15) is 0 Å². The number of rotatable bonds is 4. The lowest BCUT2D eigenvalue weighted by atomic mass is 10.0. The first-order valence-electron chi connectivity index (χ1n) is 5.88. The molecule has 2 rings (SSSR count). The van der Waals surface area contributed by atoms with Gasteiger partial charge in [0.25, 0.3) is 0 Å². The Labute approximate surface area is 133 Å². The van der Waals surface area contributed by atoms with Gasteiger partial charge in [-0.2, -0.15) is 0 Å². The lowest BCUT2D eigenvalue weighted by molar-refractivity contribution is 0.386. The van der Waals surface area contributed by atoms with E-state index in [-0.39, 0.29) is 11.8 Å². The summed E-state index contributed by atoms with van der Waals surface area (Å²) in [6, 6.07) is 6.59. The van der Waals surface area contributed by atoms with Crippen LogP contribution in [-0.2, 0) is 0 Å². The van der Waals surface area contributed by atoms with Crippen molar-refractivity contribution in [2.24, 2.45) is 0 Å². The molecule has 0 fully saturated rings. The minimum atomic E-state index is -0.390. The van der Waals surface area contributed by atoms with E-state index in [1.54, 1.807) is 12.3 Å². The van der Waals surface area contributed by atoms with E-state index in [4.69, 9.17) is 4.74 Å². The third kappa shape index (κ3) is 3.19. The third-order valence-corrected chi connectivity index (χ3v) is 3.98. The molecule has 0 saturated carbocycles. The first-order valence-corrected chi connectivity index (χ1v) is 7.47. The number of aromatic nitrogens is 1. The second kappa shape index (κ2) is 6.65. The van der Waals surface area contributed by atoms with Gasteiger partial charge in [0.15, 0.2) is 11.6 Å². The molecule has 0 radical (unpaired) electrons. The van der Waals surface area contributed by atoms with Gasteiger partial charge in [0, 0.05) is 15.1 Å². The number of ether oxygens (including phenoxy) is 1. The maximum Gasteiger partial charge on any atom is 0.165 e. The molecule has 3 nitrogen and oxygen atoms in total. The zero-order valence-corrected chi connectivity index (χ0v) is 14.1. The molecule has 0 spiro atoms. The predicted octanol–water partition coefficient (Wildman–Crippen LogP) is 4.06. The van der Waals surface area contributed by atoms with Crippen molar-refractivity contribution in [3.63, 3.8) is 0 Å². The molecule has 1 aromatic carbocycles. The molecule has 0 aliphatic carbocycles. The molecular formula is C14H13Br2FN2O. The Hall–Kier alpha value is -0.980. The normalized spacial score (nSPS) is 12.2. The van der Waals surface area contributed by atoms with E-state index in [1.807, 2.05) is 19.2 Å². The Kier molecular flexibility index (Phi) is 5.12. The van der Waals surface area contributed by atoms with E-state index in [9.17, 15) is 4.39 Å². The summed E-state index contributed by atoms with van der Waals surface area (Å²) < 4.78 is 20.5. The molecular weight excluding hydrogens is 391 g/mol. The van der Waals surface area contributed by atoms with Gasteiger partial charge in [-0.25, -0.2) is 4.39 Å². The molecule has 1 heterocycles. The fourth-order valence-corrected chi connectivity index (χ4v) is 3.18. The van der Waals surface area contributed by atoms with Crippen LogP contribution in [0.4, 0.5) is 4.39 Å². The summed E-state index contributed by atoms with van der Waals surface area (Å²) in [5.74, 6) is -0.162. The smallest absolute Gasteiger partial charge is 0.165 e. The van der Waals surface area contributed by atoms with Gasteiger partial charge in [-0.1, -0.05) is 6.07 Å². The number of hydrogen-bond donors (Lipinski definition) is 1. The van der Waals surface area contributed by atoms with Crippen LogP contribution in [-0.4, -0.2) is 19.1 Å². The van der Waals surface area contributed by atoms with E-state index in [0.717, 1.165) is 20.2 Å². The minimum absolute atomic E-state index is 0.210. The van der Waals surface area contributed by atoms with E-state index in [1.165, 1.54) is 13.2 Å². The fourth-order valence-electron chi connectivity index (χ4n) is 1.96. The van der Waals surface area contributed by atoms with Crippen LogP contribution in [0.1, 0.15) is 17.3 Å². The van der Waals surface area contributed by atoms with Crippen molar-refractivity contribution >= 4 is 31.9 Å². The summed E-state index contributed by atoms with van der Waals surface area (Å²) in [4.78, 5) is 4.39. The Bertz CT molecular complexity index is 622. The fraction of sp³-hybridized carbons (Fsp3) is 0.214. The highest BCUT2D eigenvalue weighted by Crippen LogP contribution is 2.30. The molecule has 6 heteroatoms. The second-order valence-electron chi connectivity index (χ2n) is 4.14. The molecule has 1 unspecified atom stereocenters. The van der Waals surface area contributed by atoms with Crippen LogP contribution >= 0.6 is 31.9 Å². The van der Waals surface area contributed by atoms with Crippen LogP contribution in [0, 0.1) is 5.82 Å². The largest absolute Gasteiger partial charge is 0.494 e. The van der Waals surface area contributed by atoms with Gasteiger partial charge in [-0.05, 0) is 62.7 Å². The van der Waals surface area contributed by atoms with E-state index >= 15 is 0 Å². The Morgan fingerprint density at radius 2 is 2.05 bits per heavy atom. The van der Waals surface area contributed by atoms with Crippen LogP contribution in [0.3, 0.4) is 0 Å². The van der Waals surface area contributed by atoms with Crippen LogP contribution in [0.5, 0.6) is 5.75 Å². The quantitative estimate of drug-likeness (QED) is 0.835. The van der Waals surface area contributed by atoms with Crippen molar-refractivity contribution in [3.8, 4) is 5.75 Å². The summed E-state index contributed by atoms with van der Waals surface area (Å²) in [7, 11) is 3.25. The molecule has 0 aliphatic heterocycles. The third-order valence-electron chi connectivity index (χ3n) is 2.91. The number of methoxy groups -OCH3 is 1. The van der Waals surface area contributed by atoms with Crippen molar-refractivity contribution in [2.45, 2.75) is 6.04 Å². The highest BCUT2D eigenvalue weighted by Gasteiger charge is 2.18. The van der Waals surface area contributed by atoms with E-state index in [2.05, 4.69) is 42.2 Å². The standard InChI is InChI=1S/C14H13Br2FN2O/c1-18-13(14-10(16)6-9(15)7-19-14)8-3-4-12(20-2)11(17)5-8/h3-7,13,18H,1-2H3. The molecule has 2 aromatic rings. The summed E-state index contributed by atoms with van der Waals surface area (Å²) in [6.45, 7) is 0. The zero-order chi connectivity index (χ0) is 14.7. The van der Waals surface area contributed by atoms with Gasteiger partial charge in [0.2, 0.25) is 0 Å². The van der Waals surface area contributed by atoms with Crippen LogP contribution < -0.4 is 10.1 Å². The second-order valence-corrected chi connectivity index (χ2v) is 5.91. The first kappa shape index (κ1) is 15.4. The Balaban J connectivity index is 2.44. The van der Waals surface area contributed by atoms with Crippen molar-refractivity contribution in [3.05, 3.63) is 56.5 Å². The topological polar surface area (TPSA) is 34.1 Å². The summed E-state index contributed by atoms with van der Waals surface area (Å²) >= 11 is 6.85. The molecule has 0 bridgehead atoms. The average Bonchev–Trinajstić information content (AvgIpc) is 2.42. The van der Waals surface area contributed by atoms with Crippen molar-refractivity contribution in [1.82, 2.24) is 10.3 Å². The number of nitrogens with one attached hydrogen (secondary N) is 1. The lowest BCUT2D eigenvalue weighted by Crippen LogP contribution is -2.19. The average molecular weight is 404 g/mol. The molecule has 1 N–H and O–H groups in total. The van der Waals surface area contributed by atoms with Crippen molar-refractivity contribution in [2.75, 3.05) is 14.2 Å².